The van der Waals surface area contributed by atoms with Crippen LogP contribution in [0.3, 0.4) is 0 Å². The SMILES string of the molecule is CCOc1cc(OCC2CNCC(C)O2)cc([N+](=O)[O-])c1. The fourth-order valence-electron chi connectivity index (χ4n) is 2.16. The number of hydrogen-bond acceptors (Lipinski definition) is 6. The highest BCUT2D eigenvalue weighted by atomic mass is 16.6. The summed E-state index contributed by atoms with van der Waals surface area (Å²) >= 11 is 0. The molecule has 21 heavy (non-hydrogen) atoms. The van der Waals surface area contributed by atoms with Gasteiger partial charge < -0.3 is 19.5 Å². The topological polar surface area (TPSA) is 82.9 Å². The highest BCUT2D eigenvalue weighted by molar-refractivity contribution is 5.46. The van der Waals surface area contributed by atoms with Gasteiger partial charge in [-0.3, -0.25) is 10.1 Å². The number of nitrogens with one attached hydrogen (secondary N) is 1. The summed E-state index contributed by atoms with van der Waals surface area (Å²) in [4.78, 5) is 10.5. The maximum atomic E-state index is 10.9. The van der Waals surface area contributed by atoms with Crippen LogP contribution in [0.1, 0.15) is 13.8 Å². The van der Waals surface area contributed by atoms with E-state index in [4.69, 9.17) is 14.2 Å². The molecule has 2 atom stereocenters. The third-order valence-electron chi connectivity index (χ3n) is 3.05. The Hall–Kier alpha value is -1.86. The first-order chi connectivity index (χ1) is 10.1. The Morgan fingerprint density at radius 1 is 1.33 bits per heavy atom. The van der Waals surface area contributed by atoms with E-state index in [1.807, 2.05) is 13.8 Å². The lowest BCUT2D eigenvalue weighted by Crippen LogP contribution is -2.45. The molecule has 1 aromatic carbocycles. The molecule has 0 saturated carbocycles. The van der Waals surface area contributed by atoms with E-state index < -0.39 is 4.92 Å². The quantitative estimate of drug-likeness (QED) is 0.636. The van der Waals surface area contributed by atoms with Crippen LogP contribution in [0.5, 0.6) is 11.5 Å². The van der Waals surface area contributed by atoms with Crippen LogP contribution in [-0.2, 0) is 4.74 Å². The van der Waals surface area contributed by atoms with Crippen LogP contribution in [0, 0.1) is 10.1 Å². The average Bonchev–Trinajstić information content (AvgIpc) is 2.45. The van der Waals surface area contributed by atoms with Gasteiger partial charge in [-0.1, -0.05) is 0 Å². The van der Waals surface area contributed by atoms with Crippen molar-refractivity contribution >= 4 is 5.69 Å². The number of nitrogens with zero attached hydrogens (tertiary/aromatic N) is 1. The predicted octanol–water partition coefficient (Wildman–Crippen LogP) is 1.75. The van der Waals surface area contributed by atoms with E-state index >= 15 is 0 Å². The molecule has 1 fully saturated rings. The van der Waals surface area contributed by atoms with Crippen molar-refractivity contribution in [1.82, 2.24) is 5.32 Å². The van der Waals surface area contributed by atoms with Gasteiger partial charge in [0.25, 0.3) is 5.69 Å². The van der Waals surface area contributed by atoms with Gasteiger partial charge in [-0.25, -0.2) is 0 Å². The van der Waals surface area contributed by atoms with Gasteiger partial charge in [0.2, 0.25) is 0 Å². The summed E-state index contributed by atoms with van der Waals surface area (Å²) in [6, 6.07) is 4.43. The highest BCUT2D eigenvalue weighted by Crippen LogP contribution is 2.27. The second-order valence-corrected chi connectivity index (χ2v) is 4.89. The fraction of sp³-hybridized carbons (Fsp3) is 0.571. The van der Waals surface area contributed by atoms with Crippen molar-refractivity contribution in [2.45, 2.75) is 26.1 Å². The molecule has 0 bridgehead atoms. The average molecular weight is 296 g/mol. The van der Waals surface area contributed by atoms with E-state index in [0.29, 0.717) is 31.3 Å². The fourth-order valence-corrected chi connectivity index (χ4v) is 2.16. The lowest BCUT2D eigenvalue weighted by atomic mass is 10.2. The first-order valence-corrected chi connectivity index (χ1v) is 6.99. The summed E-state index contributed by atoms with van der Waals surface area (Å²) < 4.78 is 16.7. The summed E-state index contributed by atoms with van der Waals surface area (Å²) in [5, 5.41) is 14.2. The second kappa shape index (κ2) is 7.24. The molecule has 0 aliphatic carbocycles. The molecule has 7 heteroatoms. The Balaban J connectivity index is 2.02. The minimum atomic E-state index is -0.462. The lowest BCUT2D eigenvalue weighted by Gasteiger charge is -2.28. The van der Waals surface area contributed by atoms with E-state index in [1.54, 1.807) is 6.07 Å². The molecule has 1 heterocycles. The van der Waals surface area contributed by atoms with Crippen molar-refractivity contribution in [3.8, 4) is 11.5 Å². The molecule has 116 valence electrons. The first-order valence-electron chi connectivity index (χ1n) is 6.99. The Bertz CT molecular complexity index is 494. The zero-order valence-corrected chi connectivity index (χ0v) is 12.2. The number of morpholine rings is 1. The normalized spacial score (nSPS) is 21.8. The van der Waals surface area contributed by atoms with E-state index in [1.165, 1.54) is 12.1 Å². The zero-order chi connectivity index (χ0) is 15.2. The Morgan fingerprint density at radius 2 is 2.05 bits per heavy atom. The van der Waals surface area contributed by atoms with Crippen LogP contribution in [0.4, 0.5) is 5.69 Å². The van der Waals surface area contributed by atoms with Crippen LogP contribution in [-0.4, -0.2) is 43.4 Å². The van der Waals surface area contributed by atoms with E-state index in [9.17, 15) is 10.1 Å². The smallest absolute Gasteiger partial charge is 0.276 e. The van der Waals surface area contributed by atoms with Crippen LogP contribution in [0.2, 0.25) is 0 Å². The molecule has 0 spiro atoms. The van der Waals surface area contributed by atoms with Gasteiger partial charge in [0.15, 0.2) is 0 Å². The number of hydrogen-bond donors (Lipinski definition) is 1. The number of nitro benzene ring substituents is 1. The summed E-state index contributed by atoms with van der Waals surface area (Å²) in [6.45, 7) is 6.11. The Kier molecular flexibility index (Phi) is 5.35. The zero-order valence-electron chi connectivity index (χ0n) is 12.2. The number of ether oxygens (including phenoxy) is 3. The molecule has 2 unspecified atom stereocenters. The number of nitro groups is 1. The van der Waals surface area contributed by atoms with Crippen molar-refractivity contribution in [1.29, 1.82) is 0 Å². The largest absolute Gasteiger partial charge is 0.493 e. The van der Waals surface area contributed by atoms with Crippen LogP contribution in [0.15, 0.2) is 18.2 Å². The van der Waals surface area contributed by atoms with Gasteiger partial charge in [0.05, 0.1) is 29.8 Å². The third kappa shape index (κ3) is 4.57. The predicted molar refractivity (Wildman–Crippen MR) is 77.0 cm³/mol. The molecule has 1 aromatic rings. The monoisotopic (exact) mass is 296 g/mol. The Labute approximate surface area is 123 Å². The van der Waals surface area contributed by atoms with Crippen molar-refractivity contribution in [2.24, 2.45) is 0 Å². The molecule has 0 amide bonds. The van der Waals surface area contributed by atoms with Gasteiger partial charge >= 0.3 is 0 Å². The van der Waals surface area contributed by atoms with Crippen LogP contribution < -0.4 is 14.8 Å². The second-order valence-electron chi connectivity index (χ2n) is 4.89. The van der Waals surface area contributed by atoms with Crippen LogP contribution >= 0.6 is 0 Å². The van der Waals surface area contributed by atoms with Crippen LogP contribution in [0.25, 0.3) is 0 Å². The molecule has 1 saturated heterocycles. The molecule has 1 aliphatic heterocycles. The number of non-ortho nitro benzene ring substituents is 1. The molecule has 0 radical (unpaired) electrons. The molecular weight excluding hydrogens is 276 g/mol. The van der Waals surface area contributed by atoms with Gasteiger partial charge in [0, 0.05) is 19.2 Å². The molecule has 2 rings (SSSR count). The standard InChI is InChI=1S/C14H20N2O5/c1-3-19-12-4-11(16(17)18)5-13(6-12)20-9-14-8-15-7-10(2)21-14/h4-6,10,14-15H,3,7-9H2,1-2H3. The van der Waals surface area contributed by atoms with Crippen molar-refractivity contribution in [2.75, 3.05) is 26.3 Å². The van der Waals surface area contributed by atoms with Crippen molar-refractivity contribution in [3.63, 3.8) is 0 Å². The minimum absolute atomic E-state index is 0.0491. The molecular formula is C14H20N2O5. The lowest BCUT2D eigenvalue weighted by molar-refractivity contribution is -0.385. The van der Waals surface area contributed by atoms with Gasteiger partial charge in [-0.2, -0.15) is 0 Å². The number of rotatable bonds is 6. The molecule has 7 nitrogen and oxygen atoms in total. The maximum Gasteiger partial charge on any atom is 0.276 e. The third-order valence-corrected chi connectivity index (χ3v) is 3.05. The van der Waals surface area contributed by atoms with Crippen molar-refractivity contribution in [3.05, 3.63) is 28.3 Å². The van der Waals surface area contributed by atoms with Gasteiger partial charge in [-0.15, -0.1) is 0 Å². The van der Waals surface area contributed by atoms with Crippen molar-refractivity contribution < 1.29 is 19.1 Å². The summed E-state index contributed by atoms with van der Waals surface area (Å²) in [6.07, 6.45) is 0.0694. The maximum absolute atomic E-state index is 10.9. The molecule has 1 aliphatic rings. The van der Waals surface area contributed by atoms with Gasteiger partial charge in [0.1, 0.15) is 24.2 Å². The first kappa shape index (κ1) is 15.5. The number of benzene rings is 1. The van der Waals surface area contributed by atoms with E-state index in [-0.39, 0.29) is 17.9 Å². The highest BCUT2D eigenvalue weighted by Gasteiger charge is 2.20. The molecule has 0 aromatic heterocycles. The Morgan fingerprint density at radius 3 is 2.67 bits per heavy atom. The summed E-state index contributed by atoms with van der Waals surface area (Å²) in [7, 11) is 0. The molecule has 1 N–H and O–H groups in total. The van der Waals surface area contributed by atoms with Gasteiger partial charge in [-0.05, 0) is 13.8 Å². The summed E-state index contributed by atoms with van der Waals surface area (Å²) in [5.41, 5.74) is -0.0491. The summed E-state index contributed by atoms with van der Waals surface area (Å²) in [5.74, 6) is 0.840. The van der Waals surface area contributed by atoms with E-state index in [0.717, 1.165) is 6.54 Å². The minimum Gasteiger partial charge on any atom is -0.493 e. The van der Waals surface area contributed by atoms with E-state index in [2.05, 4.69) is 5.32 Å².